The van der Waals surface area contributed by atoms with Crippen LogP contribution in [0.15, 0.2) is 0 Å². The Morgan fingerprint density at radius 3 is 2.58 bits per heavy atom. The van der Waals surface area contributed by atoms with Crippen LogP contribution in [0, 0.1) is 5.41 Å². The molecular formula is C16H29NO2. The van der Waals surface area contributed by atoms with Gasteiger partial charge in [-0.1, -0.05) is 25.7 Å². The fraction of sp³-hybridized carbons (Fsp3) is 1.00. The molecule has 0 amide bonds. The number of nitrogens with one attached hydrogen (secondary N) is 1. The van der Waals surface area contributed by atoms with Crippen molar-refractivity contribution in [3.63, 3.8) is 0 Å². The summed E-state index contributed by atoms with van der Waals surface area (Å²) in [5.74, 6) is 0. The van der Waals surface area contributed by atoms with Crippen molar-refractivity contribution in [1.29, 1.82) is 0 Å². The summed E-state index contributed by atoms with van der Waals surface area (Å²) in [6, 6.07) is 0.681. The summed E-state index contributed by atoms with van der Waals surface area (Å²) < 4.78 is 12.0. The molecular weight excluding hydrogens is 238 g/mol. The van der Waals surface area contributed by atoms with E-state index in [0.29, 0.717) is 23.7 Å². The first-order chi connectivity index (χ1) is 9.35. The van der Waals surface area contributed by atoms with Crippen LogP contribution in [0.5, 0.6) is 0 Å². The second-order valence-electron chi connectivity index (χ2n) is 6.68. The second-order valence-corrected chi connectivity index (χ2v) is 6.68. The van der Waals surface area contributed by atoms with Crippen LogP contribution in [0.4, 0.5) is 0 Å². The van der Waals surface area contributed by atoms with Crippen molar-refractivity contribution in [3.05, 3.63) is 0 Å². The van der Waals surface area contributed by atoms with Crippen molar-refractivity contribution in [3.8, 4) is 0 Å². The molecule has 0 radical (unpaired) electrons. The second kappa shape index (κ2) is 6.11. The van der Waals surface area contributed by atoms with Crippen LogP contribution in [-0.2, 0) is 9.47 Å². The molecule has 1 saturated heterocycles. The molecule has 3 aliphatic rings. The number of hydrogen-bond donors (Lipinski definition) is 1. The summed E-state index contributed by atoms with van der Waals surface area (Å²) in [4.78, 5) is 0. The maximum Gasteiger partial charge on any atom is 0.0809 e. The van der Waals surface area contributed by atoms with Gasteiger partial charge in [-0.3, -0.25) is 0 Å². The molecule has 3 nitrogen and oxygen atoms in total. The quantitative estimate of drug-likeness (QED) is 0.849. The highest BCUT2D eigenvalue weighted by atomic mass is 16.5. The zero-order valence-corrected chi connectivity index (χ0v) is 12.3. The predicted octanol–water partition coefficient (Wildman–Crippen LogP) is 2.88. The van der Waals surface area contributed by atoms with Gasteiger partial charge in [0.05, 0.1) is 18.8 Å². The summed E-state index contributed by atoms with van der Waals surface area (Å²) in [6.45, 7) is 1.76. The van der Waals surface area contributed by atoms with Crippen molar-refractivity contribution in [2.75, 3.05) is 20.3 Å². The van der Waals surface area contributed by atoms with Crippen molar-refractivity contribution in [2.24, 2.45) is 5.41 Å². The van der Waals surface area contributed by atoms with Crippen LogP contribution in [0.2, 0.25) is 0 Å². The zero-order valence-electron chi connectivity index (χ0n) is 12.3. The van der Waals surface area contributed by atoms with E-state index in [4.69, 9.17) is 9.47 Å². The summed E-state index contributed by atoms with van der Waals surface area (Å²) in [6.07, 6.45) is 12.8. The molecule has 0 aromatic carbocycles. The molecule has 1 heterocycles. The lowest BCUT2D eigenvalue weighted by molar-refractivity contribution is -0.157. The molecule has 3 atom stereocenters. The molecule has 3 fully saturated rings. The third-order valence-corrected chi connectivity index (χ3v) is 5.68. The predicted molar refractivity (Wildman–Crippen MR) is 76.3 cm³/mol. The van der Waals surface area contributed by atoms with Gasteiger partial charge in [-0.05, 0) is 39.2 Å². The molecule has 1 N–H and O–H groups in total. The minimum Gasteiger partial charge on any atom is -0.376 e. The monoisotopic (exact) mass is 267 g/mol. The van der Waals surface area contributed by atoms with E-state index in [2.05, 4.69) is 12.4 Å². The van der Waals surface area contributed by atoms with E-state index in [0.717, 1.165) is 13.2 Å². The first kappa shape index (κ1) is 13.8. The van der Waals surface area contributed by atoms with E-state index >= 15 is 0 Å². The highest BCUT2D eigenvalue weighted by Crippen LogP contribution is 2.52. The average Bonchev–Trinajstić information content (AvgIpc) is 2.79. The van der Waals surface area contributed by atoms with E-state index in [-0.39, 0.29) is 0 Å². The topological polar surface area (TPSA) is 30.5 Å². The zero-order chi connectivity index (χ0) is 13.1. The number of ether oxygens (including phenoxy) is 2. The van der Waals surface area contributed by atoms with Crippen LogP contribution < -0.4 is 5.32 Å². The van der Waals surface area contributed by atoms with Crippen LogP contribution in [-0.4, -0.2) is 38.5 Å². The fourth-order valence-electron chi connectivity index (χ4n) is 4.44. The van der Waals surface area contributed by atoms with Gasteiger partial charge in [0.15, 0.2) is 0 Å². The van der Waals surface area contributed by atoms with Crippen LogP contribution >= 0.6 is 0 Å². The maximum absolute atomic E-state index is 6.28. The number of rotatable bonds is 4. The first-order valence-electron chi connectivity index (χ1n) is 8.25. The molecule has 1 aliphatic heterocycles. The fourth-order valence-corrected chi connectivity index (χ4v) is 4.44. The van der Waals surface area contributed by atoms with Crippen molar-refractivity contribution >= 4 is 0 Å². The average molecular weight is 267 g/mol. The summed E-state index contributed by atoms with van der Waals surface area (Å²) in [5, 5.41) is 3.54. The van der Waals surface area contributed by atoms with E-state index in [1.54, 1.807) is 0 Å². The van der Waals surface area contributed by atoms with Gasteiger partial charge in [-0.2, -0.15) is 0 Å². The molecule has 0 bridgehead atoms. The Balaban J connectivity index is 1.57. The van der Waals surface area contributed by atoms with Crippen LogP contribution in [0.1, 0.15) is 57.8 Å². The van der Waals surface area contributed by atoms with E-state index in [1.165, 1.54) is 57.8 Å². The molecule has 110 valence electrons. The third-order valence-electron chi connectivity index (χ3n) is 5.68. The molecule has 19 heavy (non-hydrogen) atoms. The van der Waals surface area contributed by atoms with Gasteiger partial charge in [0.1, 0.15) is 0 Å². The Morgan fingerprint density at radius 1 is 1.16 bits per heavy atom. The Bertz CT molecular complexity index is 280. The number of hydrogen-bond acceptors (Lipinski definition) is 3. The van der Waals surface area contributed by atoms with Crippen molar-refractivity contribution in [1.82, 2.24) is 5.32 Å². The molecule has 0 aromatic rings. The minimum atomic E-state index is 0.372. The van der Waals surface area contributed by atoms with Gasteiger partial charge >= 0.3 is 0 Å². The Kier molecular flexibility index (Phi) is 4.45. The summed E-state index contributed by atoms with van der Waals surface area (Å²) >= 11 is 0. The van der Waals surface area contributed by atoms with E-state index in [9.17, 15) is 0 Å². The molecule has 2 aliphatic carbocycles. The lowest BCUT2D eigenvalue weighted by atomic mass is 9.58. The summed E-state index contributed by atoms with van der Waals surface area (Å²) in [5.41, 5.74) is 0.434. The molecule has 3 heteroatoms. The largest absolute Gasteiger partial charge is 0.376 e. The molecule has 0 aromatic heterocycles. The molecule has 3 rings (SSSR count). The lowest BCUT2D eigenvalue weighted by Gasteiger charge is -2.56. The Hall–Kier alpha value is -0.120. The molecule has 2 saturated carbocycles. The van der Waals surface area contributed by atoms with Gasteiger partial charge < -0.3 is 14.8 Å². The third kappa shape index (κ3) is 2.70. The van der Waals surface area contributed by atoms with Crippen molar-refractivity contribution < 1.29 is 9.47 Å². The summed E-state index contributed by atoms with van der Waals surface area (Å²) in [7, 11) is 2.12. The Labute approximate surface area is 117 Å². The highest BCUT2D eigenvalue weighted by molar-refractivity contribution is 5.08. The van der Waals surface area contributed by atoms with E-state index in [1.807, 2.05) is 0 Å². The SMILES string of the molecule is CNC1CC(OCC2CCCO2)C12CCCCCC2. The Morgan fingerprint density at radius 2 is 1.95 bits per heavy atom. The van der Waals surface area contributed by atoms with Crippen LogP contribution in [0.3, 0.4) is 0 Å². The van der Waals surface area contributed by atoms with Gasteiger partial charge in [0, 0.05) is 18.1 Å². The van der Waals surface area contributed by atoms with Gasteiger partial charge in [-0.15, -0.1) is 0 Å². The van der Waals surface area contributed by atoms with Gasteiger partial charge in [0.2, 0.25) is 0 Å². The molecule has 1 spiro atoms. The van der Waals surface area contributed by atoms with Crippen LogP contribution in [0.25, 0.3) is 0 Å². The smallest absolute Gasteiger partial charge is 0.0809 e. The highest BCUT2D eigenvalue weighted by Gasteiger charge is 2.54. The lowest BCUT2D eigenvalue weighted by Crippen LogP contribution is -2.63. The maximum atomic E-state index is 6.28. The first-order valence-corrected chi connectivity index (χ1v) is 8.25. The molecule has 3 unspecified atom stereocenters. The normalized spacial score (nSPS) is 38.1. The van der Waals surface area contributed by atoms with Gasteiger partial charge in [0.25, 0.3) is 0 Å². The minimum absolute atomic E-state index is 0.372. The van der Waals surface area contributed by atoms with Crippen molar-refractivity contribution in [2.45, 2.75) is 76.0 Å². The van der Waals surface area contributed by atoms with Gasteiger partial charge in [-0.25, -0.2) is 0 Å². The van der Waals surface area contributed by atoms with E-state index < -0.39 is 0 Å². The standard InChI is InChI=1S/C16H29NO2/c1-17-14-11-15(19-12-13-7-6-10-18-13)16(14)8-4-2-3-5-9-16/h13-15,17H,2-12H2,1H3.